The predicted octanol–water partition coefficient (Wildman–Crippen LogP) is 3.15. The number of carbonyl (C=O) groups is 1. The van der Waals surface area contributed by atoms with Crippen LogP contribution in [0.2, 0.25) is 0 Å². The van der Waals surface area contributed by atoms with Crippen LogP contribution in [-0.4, -0.2) is 33.6 Å². The van der Waals surface area contributed by atoms with Gasteiger partial charge in [-0.25, -0.2) is 4.98 Å². The summed E-state index contributed by atoms with van der Waals surface area (Å²) in [5.41, 5.74) is 3.73. The maximum Gasteiger partial charge on any atom is 0.316 e. The Morgan fingerprint density at radius 3 is 2.72 bits per heavy atom. The first-order chi connectivity index (χ1) is 12.0. The zero-order chi connectivity index (χ0) is 18.0. The van der Waals surface area contributed by atoms with Crippen molar-refractivity contribution in [3.05, 3.63) is 45.4 Å². The third kappa shape index (κ3) is 3.93. The first kappa shape index (κ1) is 18.1. The van der Waals surface area contributed by atoms with E-state index in [9.17, 15) is 9.59 Å². The molecular weight excluding hydrogens is 356 g/mol. The van der Waals surface area contributed by atoms with Crippen LogP contribution in [0.3, 0.4) is 0 Å². The number of esters is 1. The fourth-order valence-electron chi connectivity index (χ4n) is 2.82. The van der Waals surface area contributed by atoms with Crippen molar-refractivity contribution >= 4 is 29.5 Å². The summed E-state index contributed by atoms with van der Waals surface area (Å²) in [5.74, 6) is 0.705. The van der Waals surface area contributed by atoms with Crippen molar-refractivity contribution in [1.29, 1.82) is 0 Å². The Labute approximate surface area is 155 Å². The zero-order valence-corrected chi connectivity index (χ0v) is 16.1. The third-order valence-corrected chi connectivity index (χ3v) is 5.77. The second-order valence-electron chi connectivity index (χ2n) is 5.85. The number of nitrogens with zero attached hydrogens (tertiary/aromatic N) is 2. The van der Waals surface area contributed by atoms with Crippen molar-refractivity contribution in [3.8, 4) is 5.69 Å². The summed E-state index contributed by atoms with van der Waals surface area (Å²) in [6.45, 7) is 6.13. The topological polar surface area (TPSA) is 61.2 Å². The van der Waals surface area contributed by atoms with Crippen LogP contribution in [0, 0.1) is 13.8 Å². The molecule has 3 rings (SSSR count). The van der Waals surface area contributed by atoms with E-state index in [1.54, 1.807) is 23.3 Å². The highest BCUT2D eigenvalue weighted by Gasteiger charge is 2.23. The molecule has 7 heteroatoms. The number of ether oxygens (including phenoxy) is 1. The minimum absolute atomic E-state index is 0.0520. The summed E-state index contributed by atoms with van der Waals surface area (Å²) in [5, 5.41) is 0.546. The largest absolute Gasteiger partial charge is 0.465 e. The molecule has 2 heterocycles. The van der Waals surface area contributed by atoms with Gasteiger partial charge in [-0.1, -0.05) is 17.8 Å². The Morgan fingerprint density at radius 1 is 1.32 bits per heavy atom. The van der Waals surface area contributed by atoms with Gasteiger partial charge >= 0.3 is 5.97 Å². The van der Waals surface area contributed by atoms with Crippen LogP contribution in [-0.2, 0) is 16.0 Å². The van der Waals surface area contributed by atoms with Crippen LogP contribution in [0.25, 0.3) is 5.69 Å². The first-order valence-electron chi connectivity index (χ1n) is 8.15. The molecule has 1 aliphatic heterocycles. The highest BCUT2D eigenvalue weighted by Crippen LogP contribution is 2.30. The van der Waals surface area contributed by atoms with E-state index >= 15 is 0 Å². The molecule has 5 nitrogen and oxygen atoms in total. The second kappa shape index (κ2) is 7.66. The molecule has 1 aromatic carbocycles. The van der Waals surface area contributed by atoms with E-state index in [0.717, 1.165) is 39.6 Å². The minimum atomic E-state index is -0.302. The predicted molar refractivity (Wildman–Crippen MR) is 101 cm³/mol. The lowest BCUT2D eigenvalue weighted by atomic mass is 10.1. The van der Waals surface area contributed by atoms with E-state index in [2.05, 4.69) is 11.1 Å². The average molecular weight is 377 g/mol. The van der Waals surface area contributed by atoms with E-state index in [1.165, 1.54) is 11.8 Å². The monoisotopic (exact) mass is 376 g/mol. The van der Waals surface area contributed by atoms with Gasteiger partial charge in [-0.3, -0.25) is 14.2 Å². The van der Waals surface area contributed by atoms with Gasteiger partial charge in [-0.2, -0.15) is 0 Å². The lowest BCUT2D eigenvalue weighted by molar-refractivity contribution is -0.139. The van der Waals surface area contributed by atoms with Crippen molar-refractivity contribution in [3.63, 3.8) is 0 Å². The summed E-state index contributed by atoms with van der Waals surface area (Å²) in [6, 6.07) is 6.00. The Morgan fingerprint density at radius 2 is 2.04 bits per heavy atom. The highest BCUT2D eigenvalue weighted by molar-refractivity contribution is 8.00. The Bertz CT molecular complexity index is 857. The normalized spacial score (nSPS) is 12.9. The molecule has 0 saturated heterocycles. The van der Waals surface area contributed by atoms with Crippen molar-refractivity contribution in [2.24, 2.45) is 0 Å². The van der Waals surface area contributed by atoms with Gasteiger partial charge in [0.2, 0.25) is 0 Å². The molecule has 0 aliphatic carbocycles. The highest BCUT2D eigenvalue weighted by atomic mass is 32.2. The van der Waals surface area contributed by atoms with Gasteiger partial charge in [0.1, 0.15) is 0 Å². The molecule has 25 heavy (non-hydrogen) atoms. The molecule has 0 N–H and O–H groups in total. The van der Waals surface area contributed by atoms with Crippen molar-refractivity contribution < 1.29 is 9.53 Å². The molecule has 0 spiro atoms. The van der Waals surface area contributed by atoms with Crippen molar-refractivity contribution in [1.82, 2.24) is 9.55 Å². The smallest absolute Gasteiger partial charge is 0.316 e. The van der Waals surface area contributed by atoms with Gasteiger partial charge < -0.3 is 4.74 Å². The molecule has 0 unspecified atom stereocenters. The second-order valence-corrected chi connectivity index (χ2v) is 7.90. The molecule has 1 aromatic heterocycles. The summed E-state index contributed by atoms with van der Waals surface area (Å²) >= 11 is 2.81. The quantitative estimate of drug-likeness (QED) is 0.454. The zero-order valence-electron chi connectivity index (χ0n) is 14.5. The molecule has 0 saturated carbocycles. The Hall–Kier alpha value is -1.73. The number of aromatic nitrogens is 2. The lowest BCUT2D eigenvalue weighted by Gasteiger charge is -2.14. The van der Waals surface area contributed by atoms with Crippen molar-refractivity contribution in [2.75, 3.05) is 18.1 Å². The van der Waals surface area contributed by atoms with Gasteiger partial charge in [-0.05, 0) is 44.0 Å². The van der Waals surface area contributed by atoms with Gasteiger partial charge in [-0.15, -0.1) is 11.8 Å². The van der Waals surface area contributed by atoms with E-state index in [4.69, 9.17) is 4.74 Å². The van der Waals surface area contributed by atoms with Crippen LogP contribution in [0.4, 0.5) is 0 Å². The number of hydrogen-bond acceptors (Lipinski definition) is 6. The van der Waals surface area contributed by atoms with Crippen LogP contribution in [0.15, 0.2) is 33.0 Å². The van der Waals surface area contributed by atoms with Crippen LogP contribution >= 0.6 is 23.5 Å². The molecule has 1 aliphatic rings. The summed E-state index contributed by atoms with van der Waals surface area (Å²) < 4.78 is 6.62. The number of carbonyl (C=O) groups excluding carboxylic acids is 1. The Balaban J connectivity index is 2.08. The lowest BCUT2D eigenvalue weighted by Crippen LogP contribution is -2.24. The summed E-state index contributed by atoms with van der Waals surface area (Å²) in [4.78, 5) is 30.2. The van der Waals surface area contributed by atoms with Crippen LogP contribution in [0.1, 0.15) is 23.7 Å². The van der Waals surface area contributed by atoms with E-state index < -0.39 is 0 Å². The van der Waals surface area contributed by atoms with Crippen molar-refractivity contribution in [2.45, 2.75) is 37.2 Å². The number of thioether (sulfide) groups is 2. The maximum absolute atomic E-state index is 13.0. The fourth-order valence-corrected chi connectivity index (χ4v) is 4.67. The average Bonchev–Trinajstić information content (AvgIpc) is 3.01. The molecule has 0 bridgehead atoms. The van der Waals surface area contributed by atoms with Gasteiger partial charge in [0.25, 0.3) is 5.56 Å². The summed E-state index contributed by atoms with van der Waals surface area (Å²) in [6.07, 6.45) is 0.788. The SMILES string of the molecule is CCOC(=O)CSc1nc2c(c(=O)n1-c1cc(C)cc(C)c1)SCC2. The van der Waals surface area contributed by atoms with E-state index in [0.29, 0.717) is 11.8 Å². The standard InChI is InChI=1S/C18H20N2O3S2/c1-4-23-15(21)10-25-18-19-14-5-6-24-16(14)17(22)20(18)13-8-11(2)7-12(3)9-13/h7-9H,4-6,10H2,1-3H3. The molecule has 132 valence electrons. The molecule has 0 radical (unpaired) electrons. The van der Waals surface area contributed by atoms with Crippen LogP contribution in [0.5, 0.6) is 0 Å². The number of rotatable bonds is 5. The molecular formula is C18H20N2O3S2. The maximum atomic E-state index is 13.0. The molecule has 0 amide bonds. The number of hydrogen-bond donors (Lipinski definition) is 0. The number of aryl methyl sites for hydroxylation is 3. The van der Waals surface area contributed by atoms with E-state index in [1.807, 2.05) is 26.0 Å². The first-order valence-corrected chi connectivity index (χ1v) is 10.1. The fraction of sp³-hybridized carbons (Fsp3) is 0.389. The molecule has 0 fully saturated rings. The molecule has 2 aromatic rings. The van der Waals surface area contributed by atoms with Crippen LogP contribution < -0.4 is 5.56 Å². The number of fused-ring (bicyclic) bond motifs is 1. The van der Waals surface area contributed by atoms with Gasteiger partial charge in [0.15, 0.2) is 5.16 Å². The summed E-state index contributed by atoms with van der Waals surface area (Å²) in [7, 11) is 0. The number of benzene rings is 1. The van der Waals surface area contributed by atoms with E-state index in [-0.39, 0.29) is 17.3 Å². The Kier molecular flexibility index (Phi) is 5.54. The van der Waals surface area contributed by atoms with Gasteiger partial charge in [0, 0.05) is 12.2 Å². The molecule has 0 atom stereocenters. The third-order valence-electron chi connectivity index (χ3n) is 3.76. The van der Waals surface area contributed by atoms with Gasteiger partial charge in [0.05, 0.1) is 28.6 Å². The minimum Gasteiger partial charge on any atom is -0.465 e.